The molecule has 0 saturated heterocycles. The first kappa shape index (κ1) is 22.5. The average molecular weight is 442 g/mol. The van der Waals surface area contributed by atoms with E-state index in [-0.39, 0.29) is 17.0 Å². The predicted octanol–water partition coefficient (Wildman–Crippen LogP) is 5.13. The summed E-state index contributed by atoms with van der Waals surface area (Å²) in [4.78, 5) is 39.0. The van der Waals surface area contributed by atoms with Crippen molar-refractivity contribution in [2.45, 2.75) is 46.5 Å². The van der Waals surface area contributed by atoms with Crippen molar-refractivity contribution in [2.75, 3.05) is 0 Å². The summed E-state index contributed by atoms with van der Waals surface area (Å²) in [6.07, 6.45) is 0.915. The van der Waals surface area contributed by atoms with Crippen molar-refractivity contribution < 1.29 is 14.0 Å². The average Bonchev–Trinajstić information content (AvgIpc) is 2.77. The lowest BCUT2D eigenvalue weighted by molar-refractivity contribution is -0.115. The maximum atomic E-state index is 13.6. The molecule has 5 heteroatoms. The molecule has 5 nitrogen and oxygen atoms in total. The van der Waals surface area contributed by atoms with Crippen LogP contribution in [0.5, 0.6) is 0 Å². The number of ketones is 2. The number of nitrogens with one attached hydrogen (secondary N) is 1. The zero-order valence-electron chi connectivity index (χ0n) is 19.3. The third-order valence-electron chi connectivity index (χ3n) is 6.14. The van der Waals surface area contributed by atoms with Gasteiger partial charge >= 0.3 is 0 Å². The monoisotopic (exact) mass is 441 g/mol. The fourth-order valence-electron chi connectivity index (χ4n) is 4.72. The van der Waals surface area contributed by atoms with Gasteiger partial charge in [-0.05, 0) is 45.7 Å². The largest absolute Gasteiger partial charge is 0.461 e. The number of carbonyl (C=O) groups is 2. The van der Waals surface area contributed by atoms with Gasteiger partial charge in [0.15, 0.2) is 17.0 Å². The number of dihydropyridines is 1. The molecule has 1 aromatic heterocycles. The molecular weight excluding hydrogens is 414 g/mol. The Morgan fingerprint density at radius 2 is 1.64 bits per heavy atom. The molecule has 4 rings (SSSR count). The molecule has 0 fully saturated rings. The highest BCUT2D eigenvalue weighted by Gasteiger charge is 2.36. The van der Waals surface area contributed by atoms with Crippen molar-refractivity contribution in [1.29, 1.82) is 0 Å². The number of benzene rings is 2. The maximum absolute atomic E-state index is 13.6. The van der Waals surface area contributed by atoms with E-state index in [1.54, 1.807) is 19.1 Å². The quantitative estimate of drug-likeness (QED) is 0.574. The van der Waals surface area contributed by atoms with Gasteiger partial charge in [-0.15, -0.1) is 0 Å². The Morgan fingerprint density at radius 3 is 2.33 bits per heavy atom. The molecule has 1 aliphatic rings. The Morgan fingerprint density at radius 1 is 0.939 bits per heavy atom. The van der Waals surface area contributed by atoms with Gasteiger partial charge in [0, 0.05) is 46.5 Å². The van der Waals surface area contributed by atoms with Crippen LogP contribution >= 0.6 is 0 Å². The van der Waals surface area contributed by atoms with Gasteiger partial charge in [0.25, 0.3) is 0 Å². The Bertz CT molecular complexity index is 1380. The van der Waals surface area contributed by atoms with E-state index in [9.17, 15) is 14.4 Å². The van der Waals surface area contributed by atoms with Gasteiger partial charge in [0.05, 0.1) is 5.39 Å². The van der Waals surface area contributed by atoms with E-state index in [1.165, 1.54) is 13.0 Å². The summed E-state index contributed by atoms with van der Waals surface area (Å²) in [6, 6.07) is 16.6. The van der Waals surface area contributed by atoms with Crippen LogP contribution in [-0.4, -0.2) is 11.6 Å². The highest BCUT2D eigenvalue weighted by Crippen LogP contribution is 2.41. The minimum Gasteiger partial charge on any atom is -0.461 e. The van der Waals surface area contributed by atoms with Gasteiger partial charge in [-0.2, -0.15) is 0 Å². The molecule has 0 saturated carbocycles. The molecule has 1 atom stereocenters. The van der Waals surface area contributed by atoms with E-state index < -0.39 is 5.92 Å². The van der Waals surface area contributed by atoms with Crippen LogP contribution in [0.1, 0.15) is 50.0 Å². The lowest BCUT2D eigenvalue weighted by Gasteiger charge is -2.31. The Kier molecular flexibility index (Phi) is 6.14. The normalized spacial score (nSPS) is 16.2. The van der Waals surface area contributed by atoms with Crippen LogP contribution in [0.4, 0.5) is 0 Å². The molecule has 0 bridgehead atoms. The van der Waals surface area contributed by atoms with Crippen molar-refractivity contribution in [3.05, 3.63) is 104 Å². The summed E-state index contributed by atoms with van der Waals surface area (Å²) in [5.41, 5.74) is 4.48. The maximum Gasteiger partial charge on any atom is 0.192 e. The second-order valence-corrected chi connectivity index (χ2v) is 8.55. The lowest BCUT2D eigenvalue weighted by atomic mass is 9.76. The smallest absolute Gasteiger partial charge is 0.192 e. The summed E-state index contributed by atoms with van der Waals surface area (Å²) in [5.74, 6) is -0.290. The molecule has 0 amide bonds. The summed E-state index contributed by atoms with van der Waals surface area (Å²) in [5, 5.41) is 3.67. The first-order valence-corrected chi connectivity index (χ1v) is 11.1. The van der Waals surface area contributed by atoms with Crippen LogP contribution in [0.25, 0.3) is 11.0 Å². The molecule has 2 aromatic carbocycles. The molecule has 1 N–H and O–H groups in total. The Hall–Kier alpha value is -3.73. The molecule has 3 aromatic rings. The molecule has 1 unspecified atom stereocenters. The van der Waals surface area contributed by atoms with Gasteiger partial charge in [-0.1, -0.05) is 42.5 Å². The molecule has 0 aliphatic carbocycles. The first-order chi connectivity index (χ1) is 15.8. The van der Waals surface area contributed by atoms with Crippen LogP contribution in [0.3, 0.4) is 0 Å². The Labute approximate surface area is 192 Å². The summed E-state index contributed by atoms with van der Waals surface area (Å²) in [7, 11) is 0. The van der Waals surface area contributed by atoms with Crippen molar-refractivity contribution >= 4 is 22.5 Å². The number of allylic oxidation sites excluding steroid dienone is 4. The van der Waals surface area contributed by atoms with Gasteiger partial charge in [-0.3, -0.25) is 14.4 Å². The highest BCUT2D eigenvalue weighted by atomic mass is 16.3. The van der Waals surface area contributed by atoms with E-state index in [2.05, 4.69) is 5.32 Å². The summed E-state index contributed by atoms with van der Waals surface area (Å²) < 4.78 is 5.99. The summed E-state index contributed by atoms with van der Waals surface area (Å²) in [6.45, 7) is 6.92. The number of hydrogen-bond acceptors (Lipinski definition) is 5. The predicted molar refractivity (Wildman–Crippen MR) is 129 cm³/mol. The van der Waals surface area contributed by atoms with Gasteiger partial charge < -0.3 is 9.73 Å². The zero-order valence-corrected chi connectivity index (χ0v) is 19.3. The van der Waals surface area contributed by atoms with Gasteiger partial charge in [0.1, 0.15) is 11.3 Å². The lowest BCUT2D eigenvalue weighted by Crippen LogP contribution is -2.30. The molecule has 33 heavy (non-hydrogen) atoms. The molecule has 2 heterocycles. The minimum atomic E-state index is -0.610. The highest BCUT2D eigenvalue weighted by molar-refractivity contribution is 6.05. The van der Waals surface area contributed by atoms with E-state index in [1.807, 2.05) is 50.2 Å². The first-order valence-electron chi connectivity index (χ1n) is 11.1. The number of rotatable bonds is 6. The topological polar surface area (TPSA) is 76.4 Å². The third-order valence-corrected chi connectivity index (χ3v) is 6.14. The van der Waals surface area contributed by atoms with Crippen LogP contribution in [0.15, 0.2) is 86.3 Å². The van der Waals surface area contributed by atoms with Crippen molar-refractivity contribution in [3.63, 3.8) is 0 Å². The molecule has 0 radical (unpaired) electrons. The van der Waals surface area contributed by atoms with Gasteiger partial charge in [0.2, 0.25) is 0 Å². The molecular formula is C28H27NO4. The standard InChI is InChI=1S/C28H27NO4/c1-16-15-24(32)21-11-8-12-22(28(21)33-16)27-25(19(4)30)17(2)29-18(3)26(27)23(31)14-13-20-9-6-5-7-10-20/h5-12,15,27,29H,13-14H2,1-4H3. The Balaban J connectivity index is 1.87. The van der Waals surface area contributed by atoms with Gasteiger partial charge in [-0.25, -0.2) is 0 Å². The fourth-order valence-corrected chi connectivity index (χ4v) is 4.72. The van der Waals surface area contributed by atoms with Crippen molar-refractivity contribution in [2.24, 2.45) is 0 Å². The SMILES string of the molecule is CC(=O)C1=C(C)NC(C)=C(C(=O)CCc2ccccc2)C1c1cccc2c(=O)cc(C)oc12. The fraction of sp³-hybridized carbons (Fsp3) is 0.250. The van der Waals surface area contributed by atoms with Crippen LogP contribution in [-0.2, 0) is 16.0 Å². The number of aryl methyl sites for hydroxylation is 2. The van der Waals surface area contributed by atoms with E-state index >= 15 is 0 Å². The summed E-state index contributed by atoms with van der Waals surface area (Å²) >= 11 is 0. The van der Waals surface area contributed by atoms with Crippen LogP contribution < -0.4 is 10.7 Å². The number of Topliss-reactive ketones (excluding diaryl/α,β-unsaturated/α-hetero) is 2. The molecule has 168 valence electrons. The number of hydrogen-bond donors (Lipinski definition) is 1. The van der Waals surface area contributed by atoms with Crippen molar-refractivity contribution in [3.8, 4) is 0 Å². The van der Waals surface area contributed by atoms with E-state index in [0.717, 1.165) is 5.56 Å². The van der Waals surface area contributed by atoms with Crippen LogP contribution in [0, 0.1) is 6.92 Å². The molecule has 1 aliphatic heterocycles. The number of carbonyl (C=O) groups excluding carboxylic acids is 2. The second kappa shape index (κ2) is 9.02. The minimum absolute atomic E-state index is 0.0351. The number of fused-ring (bicyclic) bond motifs is 1. The zero-order chi connectivity index (χ0) is 23.7. The van der Waals surface area contributed by atoms with E-state index in [4.69, 9.17) is 4.42 Å². The second-order valence-electron chi connectivity index (χ2n) is 8.55. The third kappa shape index (κ3) is 4.31. The molecule has 0 spiro atoms. The van der Waals surface area contributed by atoms with Crippen LogP contribution in [0.2, 0.25) is 0 Å². The van der Waals surface area contributed by atoms with E-state index in [0.29, 0.717) is 57.7 Å². The van der Waals surface area contributed by atoms with Crippen molar-refractivity contribution in [1.82, 2.24) is 5.32 Å². The number of para-hydroxylation sites is 1.